The minimum Gasteiger partial charge on any atom is -0.496 e. The van der Waals surface area contributed by atoms with Crippen molar-refractivity contribution in [3.05, 3.63) is 35.5 Å². The number of hydrogen-bond donors (Lipinski definition) is 0. The zero-order valence-electron chi connectivity index (χ0n) is 12.5. The molecule has 2 aromatic rings. The Morgan fingerprint density at radius 2 is 1.45 bits per heavy atom. The summed E-state index contributed by atoms with van der Waals surface area (Å²) in [6, 6.07) is 5.87. The average molecular weight is 273 g/mol. The fourth-order valence-electron chi connectivity index (χ4n) is 2.21. The molecule has 0 unspecified atom stereocenters. The summed E-state index contributed by atoms with van der Waals surface area (Å²) in [5.74, 6) is 2.14. The molecular formula is C16H19NO3. The van der Waals surface area contributed by atoms with Crippen LogP contribution in [0.5, 0.6) is 17.4 Å². The van der Waals surface area contributed by atoms with Gasteiger partial charge in [0.15, 0.2) is 0 Å². The molecule has 0 amide bonds. The van der Waals surface area contributed by atoms with Crippen LogP contribution < -0.4 is 14.2 Å². The van der Waals surface area contributed by atoms with Crippen LogP contribution >= 0.6 is 0 Å². The van der Waals surface area contributed by atoms with E-state index in [1.54, 1.807) is 27.5 Å². The van der Waals surface area contributed by atoms with Crippen molar-refractivity contribution in [3.63, 3.8) is 0 Å². The van der Waals surface area contributed by atoms with Gasteiger partial charge in [-0.15, -0.1) is 0 Å². The molecule has 20 heavy (non-hydrogen) atoms. The minimum absolute atomic E-state index is 0.594. The second-order valence-electron chi connectivity index (χ2n) is 4.59. The fourth-order valence-corrected chi connectivity index (χ4v) is 2.21. The lowest BCUT2D eigenvalue weighted by molar-refractivity contribution is 0.394. The Morgan fingerprint density at radius 3 is 1.90 bits per heavy atom. The number of ether oxygens (including phenoxy) is 3. The van der Waals surface area contributed by atoms with Gasteiger partial charge >= 0.3 is 0 Å². The maximum Gasteiger partial charge on any atom is 0.213 e. The molecule has 0 saturated heterocycles. The van der Waals surface area contributed by atoms with Crippen molar-refractivity contribution in [2.75, 3.05) is 21.3 Å². The monoisotopic (exact) mass is 273 g/mol. The zero-order valence-corrected chi connectivity index (χ0v) is 12.5. The molecule has 0 spiro atoms. The Morgan fingerprint density at radius 1 is 0.850 bits per heavy atom. The lowest BCUT2D eigenvalue weighted by atomic mass is 9.99. The molecule has 1 aromatic heterocycles. The molecule has 0 atom stereocenters. The SMILES string of the molecule is COc1cc(C)c(-c2c(OC)cc(C)cc2OC)cn1. The molecule has 0 saturated carbocycles. The van der Waals surface area contributed by atoms with Crippen LogP contribution in [0, 0.1) is 13.8 Å². The molecule has 0 radical (unpaired) electrons. The van der Waals surface area contributed by atoms with E-state index in [2.05, 4.69) is 4.98 Å². The van der Waals surface area contributed by atoms with E-state index in [1.165, 1.54) is 0 Å². The summed E-state index contributed by atoms with van der Waals surface area (Å²) in [4.78, 5) is 4.27. The normalized spacial score (nSPS) is 10.2. The second-order valence-corrected chi connectivity index (χ2v) is 4.59. The number of aromatic nitrogens is 1. The lowest BCUT2D eigenvalue weighted by Crippen LogP contribution is -1.97. The molecule has 4 nitrogen and oxygen atoms in total. The molecule has 0 aliphatic heterocycles. The smallest absolute Gasteiger partial charge is 0.213 e. The van der Waals surface area contributed by atoms with Crippen LogP contribution in [0.4, 0.5) is 0 Å². The van der Waals surface area contributed by atoms with Crippen molar-refractivity contribution in [2.24, 2.45) is 0 Å². The molecule has 1 aromatic carbocycles. The van der Waals surface area contributed by atoms with E-state index in [-0.39, 0.29) is 0 Å². The van der Waals surface area contributed by atoms with Gasteiger partial charge in [0.25, 0.3) is 0 Å². The largest absolute Gasteiger partial charge is 0.496 e. The fraction of sp³-hybridized carbons (Fsp3) is 0.312. The van der Waals surface area contributed by atoms with Crippen molar-refractivity contribution in [2.45, 2.75) is 13.8 Å². The maximum atomic E-state index is 5.50. The third-order valence-electron chi connectivity index (χ3n) is 3.21. The number of pyridine rings is 1. The van der Waals surface area contributed by atoms with E-state index in [9.17, 15) is 0 Å². The third-order valence-corrected chi connectivity index (χ3v) is 3.21. The predicted octanol–water partition coefficient (Wildman–Crippen LogP) is 3.39. The van der Waals surface area contributed by atoms with Gasteiger partial charge < -0.3 is 14.2 Å². The number of nitrogens with zero attached hydrogens (tertiary/aromatic N) is 1. The minimum atomic E-state index is 0.594. The van der Waals surface area contributed by atoms with Gasteiger partial charge in [0.2, 0.25) is 5.88 Å². The van der Waals surface area contributed by atoms with Gasteiger partial charge in [0, 0.05) is 17.8 Å². The summed E-state index contributed by atoms with van der Waals surface area (Å²) in [6.07, 6.45) is 1.78. The molecule has 1 heterocycles. The van der Waals surface area contributed by atoms with Gasteiger partial charge in [0.05, 0.1) is 26.9 Å². The third kappa shape index (κ3) is 2.54. The quantitative estimate of drug-likeness (QED) is 0.856. The summed E-state index contributed by atoms with van der Waals surface area (Å²) in [5.41, 5.74) is 4.02. The second kappa shape index (κ2) is 5.82. The van der Waals surface area contributed by atoms with Crippen LogP contribution in [0.15, 0.2) is 24.4 Å². The maximum absolute atomic E-state index is 5.50. The number of benzene rings is 1. The van der Waals surface area contributed by atoms with E-state index >= 15 is 0 Å². The Hall–Kier alpha value is -2.23. The van der Waals surface area contributed by atoms with Gasteiger partial charge in [-0.25, -0.2) is 4.98 Å². The molecule has 0 aliphatic carbocycles. The summed E-state index contributed by atoms with van der Waals surface area (Å²) < 4.78 is 16.1. The number of rotatable bonds is 4. The standard InChI is InChI=1S/C16H19NO3/c1-10-6-13(18-3)16(14(7-10)19-4)12-9-17-15(20-5)8-11(12)2/h6-9H,1-5H3. The first-order chi connectivity index (χ1) is 9.60. The Labute approximate surface area is 119 Å². The highest BCUT2D eigenvalue weighted by atomic mass is 16.5. The van der Waals surface area contributed by atoms with E-state index in [1.807, 2.05) is 32.0 Å². The number of aryl methyl sites for hydroxylation is 2. The highest BCUT2D eigenvalue weighted by Gasteiger charge is 2.16. The molecule has 0 aliphatic rings. The van der Waals surface area contributed by atoms with Crippen molar-refractivity contribution < 1.29 is 14.2 Å². The Kier molecular flexibility index (Phi) is 4.13. The van der Waals surface area contributed by atoms with Gasteiger partial charge in [-0.05, 0) is 37.1 Å². The van der Waals surface area contributed by atoms with E-state index in [4.69, 9.17) is 14.2 Å². The molecule has 0 N–H and O–H groups in total. The molecular weight excluding hydrogens is 254 g/mol. The molecule has 2 rings (SSSR count). The van der Waals surface area contributed by atoms with Crippen LogP contribution in [-0.4, -0.2) is 26.3 Å². The topological polar surface area (TPSA) is 40.6 Å². The summed E-state index contributed by atoms with van der Waals surface area (Å²) in [6.45, 7) is 4.02. The zero-order chi connectivity index (χ0) is 14.7. The summed E-state index contributed by atoms with van der Waals surface area (Å²) >= 11 is 0. The van der Waals surface area contributed by atoms with Crippen LogP contribution in [0.25, 0.3) is 11.1 Å². The Bertz CT molecular complexity index is 598. The van der Waals surface area contributed by atoms with Crippen molar-refractivity contribution in [1.29, 1.82) is 0 Å². The average Bonchev–Trinajstić information content (AvgIpc) is 2.46. The van der Waals surface area contributed by atoms with Crippen molar-refractivity contribution in [3.8, 4) is 28.5 Å². The predicted molar refractivity (Wildman–Crippen MR) is 78.8 cm³/mol. The highest BCUT2D eigenvalue weighted by molar-refractivity contribution is 5.79. The van der Waals surface area contributed by atoms with Crippen LogP contribution in [0.2, 0.25) is 0 Å². The highest BCUT2D eigenvalue weighted by Crippen LogP contribution is 2.41. The summed E-state index contributed by atoms with van der Waals surface area (Å²) in [5, 5.41) is 0. The van der Waals surface area contributed by atoms with Crippen LogP contribution in [-0.2, 0) is 0 Å². The summed E-state index contributed by atoms with van der Waals surface area (Å²) in [7, 11) is 4.92. The lowest BCUT2D eigenvalue weighted by Gasteiger charge is -2.16. The van der Waals surface area contributed by atoms with E-state index in [0.29, 0.717) is 5.88 Å². The van der Waals surface area contributed by atoms with Crippen LogP contribution in [0.3, 0.4) is 0 Å². The van der Waals surface area contributed by atoms with Crippen molar-refractivity contribution in [1.82, 2.24) is 4.98 Å². The van der Waals surface area contributed by atoms with Gasteiger partial charge in [-0.3, -0.25) is 0 Å². The first-order valence-corrected chi connectivity index (χ1v) is 6.34. The molecule has 0 bridgehead atoms. The molecule has 4 heteroatoms. The molecule has 106 valence electrons. The van der Waals surface area contributed by atoms with Gasteiger partial charge in [0.1, 0.15) is 11.5 Å². The first kappa shape index (κ1) is 14.2. The van der Waals surface area contributed by atoms with E-state index < -0.39 is 0 Å². The molecule has 0 fully saturated rings. The first-order valence-electron chi connectivity index (χ1n) is 6.34. The van der Waals surface area contributed by atoms with Crippen LogP contribution in [0.1, 0.15) is 11.1 Å². The Balaban J connectivity index is 2.68. The van der Waals surface area contributed by atoms with Gasteiger partial charge in [-0.1, -0.05) is 0 Å². The number of methoxy groups -OCH3 is 3. The van der Waals surface area contributed by atoms with Gasteiger partial charge in [-0.2, -0.15) is 0 Å². The van der Waals surface area contributed by atoms with Crippen molar-refractivity contribution >= 4 is 0 Å². The van der Waals surface area contributed by atoms with E-state index in [0.717, 1.165) is 33.8 Å². The number of hydrogen-bond acceptors (Lipinski definition) is 4.